The van der Waals surface area contributed by atoms with E-state index in [0.29, 0.717) is 19.5 Å². The molecule has 0 saturated carbocycles. The Labute approximate surface area is 140 Å². The largest absolute Gasteiger partial charge is 0.384 e. The highest BCUT2D eigenvalue weighted by Gasteiger charge is 2.11. The maximum absolute atomic E-state index is 12.3. The van der Waals surface area contributed by atoms with E-state index in [-0.39, 0.29) is 5.91 Å². The molecule has 0 aliphatic heterocycles. The van der Waals surface area contributed by atoms with Gasteiger partial charge < -0.3 is 10.2 Å². The van der Waals surface area contributed by atoms with Crippen LogP contribution in [0.15, 0.2) is 59.1 Å². The molecule has 22 heavy (non-hydrogen) atoms. The second kappa shape index (κ2) is 8.59. The van der Waals surface area contributed by atoms with Gasteiger partial charge in [0, 0.05) is 36.2 Å². The lowest BCUT2D eigenvalue weighted by Crippen LogP contribution is -2.31. The number of anilines is 1. The molecule has 0 atom stereocenters. The van der Waals surface area contributed by atoms with Crippen LogP contribution < -0.4 is 5.32 Å². The predicted molar refractivity (Wildman–Crippen MR) is 94.8 cm³/mol. The first-order valence-electron chi connectivity index (χ1n) is 7.50. The smallest absolute Gasteiger partial charge is 0.224 e. The molecule has 1 N–H and O–H groups in total. The van der Waals surface area contributed by atoms with Crippen molar-refractivity contribution in [3.05, 3.63) is 64.6 Å². The number of amides is 1. The summed E-state index contributed by atoms with van der Waals surface area (Å²) in [6.45, 7) is 4.06. The summed E-state index contributed by atoms with van der Waals surface area (Å²) in [4.78, 5) is 14.2. The minimum atomic E-state index is 0.175. The van der Waals surface area contributed by atoms with Gasteiger partial charge in [0.25, 0.3) is 0 Å². The molecule has 2 rings (SSSR count). The van der Waals surface area contributed by atoms with Gasteiger partial charge in [0.15, 0.2) is 0 Å². The minimum absolute atomic E-state index is 0.175. The van der Waals surface area contributed by atoms with Crippen LogP contribution >= 0.6 is 15.9 Å². The summed E-state index contributed by atoms with van der Waals surface area (Å²) in [5.41, 5.74) is 2.19. The van der Waals surface area contributed by atoms with E-state index in [2.05, 4.69) is 33.4 Å². The number of nitrogens with zero attached hydrogens (tertiary/aromatic N) is 1. The number of rotatable bonds is 7. The van der Waals surface area contributed by atoms with Crippen LogP contribution in [0.3, 0.4) is 0 Å². The van der Waals surface area contributed by atoms with E-state index < -0.39 is 0 Å². The van der Waals surface area contributed by atoms with E-state index in [1.165, 1.54) is 0 Å². The first-order valence-corrected chi connectivity index (χ1v) is 8.29. The number of hydrogen-bond acceptors (Lipinski definition) is 2. The van der Waals surface area contributed by atoms with Crippen LogP contribution in [0.5, 0.6) is 0 Å². The molecule has 0 radical (unpaired) electrons. The van der Waals surface area contributed by atoms with Gasteiger partial charge in [-0.1, -0.05) is 52.3 Å². The molecule has 0 saturated heterocycles. The Morgan fingerprint density at radius 3 is 2.59 bits per heavy atom. The standard InChI is InChI=1S/C18H21BrN2O/c1-2-21(14-15-7-4-3-5-8-15)18(22)11-12-20-17-10-6-9-16(19)13-17/h3-10,13,20H,2,11-12,14H2,1H3. The minimum Gasteiger partial charge on any atom is -0.384 e. The average Bonchev–Trinajstić information content (AvgIpc) is 2.53. The van der Waals surface area contributed by atoms with Crippen LogP contribution in [-0.2, 0) is 11.3 Å². The zero-order valence-electron chi connectivity index (χ0n) is 12.8. The first-order chi connectivity index (χ1) is 10.7. The van der Waals surface area contributed by atoms with Crippen molar-refractivity contribution < 1.29 is 4.79 Å². The SMILES string of the molecule is CCN(Cc1ccccc1)C(=O)CCNc1cccc(Br)c1. The molecule has 0 unspecified atom stereocenters. The molecule has 0 bridgehead atoms. The van der Waals surface area contributed by atoms with Crippen molar-refractivity contribution >= 4 is 27.5 Å². The summed E-state index contributed by atoms with van der Waals surface area (Å²) in [6, 6.07) is 18.1. The summed E-state index contributed by atoms with van der Waals surface area (Å²) in [7, 11) is 0. The maximum atomic E-state index is 12.3. The van der Waals surface area contributed by atoms with Crippen molar-refractivity contribution in [1.29, 1.82) is 0 Å². The first kappa shape index (κ1) is 16.6. The molecule has 4 heteroatoms. The average molecular weight is 361 g/mol. The van der Waals surface area contributed by atoms with Crippen LogP contribution in [0, 0.1) is 0 Å². The molecular weight excluding hydrogens is 340 g/mol. The van der Waals surface area contributed by atoms with Gasteiger partial charge >= 0.3 is 0 Å². The van der Waals surface area contributed by atoms with Crippen LogP contribution in [0.1, 0.15) is 18.9 Å². The molecule has 2 aromatic rings. The summed E-state index contributed by atoms with van der Waals surface area (Å²) in [6.07, 6.45) is 0.493. The van der Waals surface area contributed by atoms with E-state index in [1.54, 1.807) is 0 Å². The Bertz CT molecular complexity index is 601. The van der Waals surface area contributed by atoms with Crippen LogP contribution in [0.2, 0.25) is 0 Å². The summed E-state index contributed by atoms with van der Waals surface area (Å²) in [5, 5.41) is 3.28. The predicted octanol–water partition coefficient (Wildman–Crippen LogP) is 4.30. The van der Waals surface area contributed by atoms with Crippen LogP contribution in [0.4, 0.5) is 5.69 Å². The number of hydrogen-bond donors (Lipinski definition) is 1. The lowest BCUT2D eigenvalue weighted by Gasteiger charge is -2.21. The Balaban J connectivity index is 1.82. The summed E-state index contributed by atoms with van der Waals surface area (Å²) < 4.78 is 1.03. The van der Waals surface area contributed by atoms with Gasteiger partial charge in [-0.25, -0.2) is 0 Å². The normalized spacial score (nSPS) is 10.3. The van der Waals surface area contributed by atoms with E-state index in [1.807, 2.05) is 54.3 Å². The van der Waals surface area contributed by atoms with Gasteiger partial charge in [0.2, 0.25) is 5.91 Å². The van der Waals surface area contributed by atoms with Crippen LogP contribution in [0.25, 0.3) is 0 Å². The maximum Gasteiger partial charge on any atom is 0.224 e. The summed E-state index contributed by atoms with van der Waals surface area (Å²) >= 11 is 3.44. The van der Waals surface area contributed by atoms with Gasteiger partial charge in [-0.05, 0) is 30.7 Å². The fourth-order valence-corrected chi connectivity index (χ4v) is 2.65. The third-order valence-electron chi connectivity index (χ3n) is 3.44. The molecule has 1 amide bonds. The van der Waals surface area contributed by atoms with Gasteiger partial charge in [-0.2, -0.15) is 0 Å². The highest BCUT2D eigenvalue weighted by atomic mass is 79.9. The van der Waals surface area contributed by atoms with Crippen molar-refractivity contribution in [3.63, 3.8) is 0 Å². The molecule has 0 fully saturated rings. The number of nitrogens with one attached hydrogen (secondary N) is 1. The molecular formula is C18H21BrN2O. The van der Waals surface area contributed by atoms with E-state index >= 15 is 0 Å². The lowest BCUT2D eigenvalue weighted by atomic mass is 10.2. The highest BCUT2D eigenvalue weighted by Crippen LogP contribution is 2.15. The van der Waals surface area contributed by atoms with Crippen LogP contribution in [-0.4, -0.2) is 23.9 Å². The van der Waals surface area contributed by atoms with E-state index in [9.17, 15) is 4.79 Å². The van der Waals surface area contributed by atoms with E-state index in [4.69, 9.17) is 0 Å². The Morgan fingerprint density at radius 1 is 1.14 bits per heavy atom. The molecule has 0 aliphatic carbocycles. The zero-order chi connectivity index (χ0) is 15.8. The van der Waals surface area contributed by atoms with Crippen molar-refractivity contribution in [2.24, 2.45) is 0 Å². The molecule has 2 aromatic carbocycles. The molecule has 0 aromatic heterocycles. The molecule has 3 nitrogen and oxygen atoms in total. The van der Waals surface area contributed by atoms with Crippen molar-refractivity contribution in [3.8, 4) is 0 Å². The van der Waals surface area contributed by atoms with Gasteiger partial charge in [0.05, 0.1) is 0 Å². The molecule has 0 spiro atoms. The Morgan fingerprint density at radius 2 is 1.91 bits per heavy atom. The summed E-state index contributed by atoms with van der Waals surface area (Å²) in [5.74, 6) is 0.175. The fraction of sp³-hybridized carbons (Fsp3) is 0.278. The second-order valence-corrected chi connectivity index (χ2v) is 6.00. The van der Waals surface area contributed by atoms with Crippen molar-refractivity contribution in [2.75, 3.05) is 18.4 Å². The number of benzene rings is 2. The Kier molecular flexibility index (Phi) is 6.46. The number of carbonyl (C=O) groups excluding carboxylic acids is 1. The quantitative estimate of drug-likeness (QED) is 0.798. The Hall–Kier alpha value is -1.81. The monoisotopic (exact) mass is 360 g/mol. The van der Waals surface area contributed by atoms with Gasteiger partial charge in [-0.15, -0.1) is 0 Å². The van der Waals surface area contributed by atoms with Crippen molar-refractivity contribution in [2.45, 2.75) is 19.9 Å². The number of carbonyl (C=O) groups is 1. The zero-order valence-corrected chi connectivity index (χ0v) is 14.3. The highest BCUT2D eigenvalue weighted by molar-refractivity contribution is 9.10. The fourth-order valence-electron chi connectivity index (χ4n) is 2.25. The van der Waals surface area contributed by atoms with E-state index in [0.717, 1.165) is 22.3 Å². The molecule has 0 aliphatic rings. The third-order valence-corrected chi connectivity index (χ3v) is 3.94. The number of halogens is 1. The van der Waals surface area contributed by atoms with Crippen molar-refractivity contribution in [1.82, 2.24) is 4.90 Å². The topological polar surface area (TPSA) is 32.3 Å². The third kappa shape index (κ3) is 5.19. The lowest BCUT2D eigenvalue weighted by molar-refractivity contribution is -0.131. The molecule has 116 valence electrons. The molecule has 0 heterocycles. The van der Waals surface area contributed by atoms with Gasteiger partial charge in [0.1, 0.15) is 0 Å². The second-order valence-electron chi connectivity index (χ2n) is 5.08. The van der Waals surface area contributed by atoms with Gasteiger partial charge in [-0.3, -0.25) is 4.79 Å².